The van der Waals surface area contributed by atoms with E-state index in [0.29, 0.717) is 23.3 Å². The number of pyridine rings is 1. The molecule has 0 spiro atoms. The van der Waals surface area contributed by atoms with Crippen LogP contribution >= 0.6 is 11.6 Å². The zero-order valence-corrected chi connectivity index (χ0v) is 21.5. The van der Waals surface area contributed by atoms with Crippen molar-refractivity contribution in [1.82, 2.24) is 19.6 Å². The quantitative estimate of drug-likeness (QED) is 0.490. The molecule has 0 bridgehead atoms. The highest BCUT2D eigenvalue weighted by Gasteiger charge is 2.32. The predicted octanol–water partition coefficient (Wildman–Crippen LogP) is 4.61. The van der Waals surface area contributed by atoms with Gasteiger partial charge in [-0.05, 0) is 32.9 Å². The van der Waals surface area contributed by atoms with Crippen LogP contribution in [0.1, 0.15) is 36.8 Å². The number of nitrogens with zero attached hydrogens (tertiary/aromatic N) is 3. The molecule has 198 valence electrons. The molecule has 3 heterocycles. The van der Waals surface area contributed by atoms with E-state index in [9.17, 15) is 14.0 Å². The summed E-state index contributed by atoms with van der Waals surface area (Å²) in [5.74, 6) is -5.18. The van der Waals surface area contributed by atoms with Gasteiger partial charge in [0, 0.05) is 37.3 Å². The van der Waals surface area contributed by atoms with Crippen LogP contribution in [-0.4, -0.2) is 64.7 Å². The fraction of sp³-hybridized carbons (Fsp3) is 0.400. The number of carbonyl (C=O) groups excluding carboxylic acids is 2. The number of fused-ring (bicyclic) bond motifs is 1. The third-order valence-corrected chi connectivity index (χ3v) is 6.00. The summed E-state index contributed by atoms with van der Waals surface area (Å²) in [6, 6.07) is 3.70. The number of ether oxygens (including phenoxy) is 2. The molecule has 2 amide bonds. The van der Waals surface area contributed by atoms with Crippen LogP contribution in [0, 0.1) is 17.5 Å². The SMILES string of the molecule is CNC(=O)c1cc(F)c(-c2nc3cc(Cl)ccn3c2C[C@H]2CN(C(=O)OC(C)(C)C)CCO2)c(F)c1F. The van der Waals surface area contributed by atoms with Crippen LogP contribution in [0.25, 0.3) is 16.9 Å². The number of carbonyl (C=O) groups is 2. The fourth-order valence-corrected chi connectivity index (χ4v) is 4.28. The van der Waals surface area contributed by atoms with Gasteiger partial charge in [-0.15, -0.1) is 0 Å². The molecule has 1 N–H and O–H groups in total. The molecule has 12 heteroatoms. The lowest BCUT2D eigenvalue weighted by Gasteiger charge is -2.34. The summed E-state index contributed by atoms with van der Waals surface area (Å²) in [5, 5.41) is 2.49. The van der Waals surface area contributed by atoms with Crippen LogP contribution in [0.15, 0.2) is 24.4 Å². The Kier molecular flexibility index (Phi) is 7.38. The summed E-state index contributed by atoms with van der Waals surface area (Å²) >= 11 is 6.10. The molecule has 0 radical (unpaired) electrons. The first-order chi connectivity index (χ1) is 17.4. The summed E-state index contributed by atoms with van der Waals surface area (Å²) < 4.78 is 58.1. The minimum Gasteiger partial charge on any atom is -0.444 e. The maximum Gasteiger partial charge on any atom is 0.410 e. The molecule has 1 saturated heterocycles. The third-order valence-electron chi connectivity index (χ3n) is 5.77. The Labute approximate surface area is 216 Å². The van der Waals surface area contributed by atoms with Crippen LogP contribution < -0.4 is 5.32 Å². The molecule has 1 aliphatic heterocycles. The molecule has 2 aromatic heterocycles. The number of nitrogens with one attached hydrogen (secondary N) is 1. The van der Waals surface area contributed by atoms with Gasteiger partial charge in [0.25, 0.3) is 5.91 Å². The van der Waals surface area contributed by atoms with E-state index in [2.05, 4.69) is 10.3 Å². The molecular formula is C25H26ClF3N4O4. The Bertz CT molecular complexity index is 1370. The molecule has 0 aliphatic carbocycles. The number of benzene rings is 1. The number of aromatic nitrogens is 2. The summed E-state index contributed by atoms with van der Waals surface area (Å²) in [6.07, 6.45) is 0.574. The zero-order chi connectivity index (χ0) is 27.1. The standard InChI is InChI=1S/C25H26ClF3N4O4/c1-25(2,3)37-24(35)32-7-8-36-14(12-32)10-17-22(31-18-9-13(26)5-6-33(17)18)19-16(27)11-15(23(34)30-4)20(28)21(19)29/h5-6,9,11,14H,7-8,10,12H2,1-4H3,(H,30,34)/t14-/m0/s1. The van der Waals surface area contributed by atoms with Gasteiger partial charge in [-0.25, -0.2) is 22.9 Å². The predicted molar refractivity (Wildman–Crippen MR) is 130 cm³/mol. The second-order valence-electron chi connectivity index (χ2n) is 9.59. The number of rotatable bonds is 4. The van der Waals surface area contributed by atoms with Gasteiger partial charge in [-0.3, -0.25) is 4.79 Å². The second kappa shape index (κ2) is 10.2. The average molecular weight is 539 g/mol. The molecule has 0 saturated carbocycles. The molecule has 8 nitrogen and oxygen atoms in total. The average Bonchev–Trinajstić information content (AvgIpc) is 3.16. The van der Waals surface area contributed by atoms with Gasteiger partial charge < -0.3 is 24.1 Å². The summed E-state index contributed by atoms with van der Waals surface area (Å²) in [4.78, 5) is 30.3. The lowest BCUT2D eigenvalue weighted by Crippen LogP contribution is -2.48. The van der Waals surface area contributed by atoms with E-state index >= 15 is 8.78 Å². The zero-order valence-electron chi connectivity index (χ0n) is 20.7. The second-order valence-corrected chi connectivity index (χ2v) is 10.0. The van der Waals surface area contributed by atoms with E-state index in [1.54, 1.807) is 37.4 Å². The highest BCUT2D eigenvalue weighted by atomic mass is 35.5. The third kappa shape index (κ3) is 5.52. The minimum atomic E-state index is -1.55. The molecular weight excluding hydrogens is 513 g/mol. The van der Waals surface area contributed by atoms with Crippen molar-refractivity contribution < 1.29 is 32.2 Å². The largest absolute Gasteiger partial charge is 0.444 e. The van der Waals surface area contributed by atoms with Crippen LogP contribution in [-0.2, 0) is 15.9 Å². The highest BCUT2D eigenvalue weighted by molar-refractivity contribution is 6.30. The van der Waals surface area contributed by atoms with E-state index in [1.165, 1.54) is 18.0 Å². The molecule has 1 aromatic carbocycles. The van der Waals surface area contributed by atoms with Gasteiger partial charge in [0.05, 0.1) is 41.8 Å². The van der Waals surface area contributed by atoms with Gasteiger partial charge in [0.1, 0.15) is 17.1 Å². The van der Waals surface area contributed by atoms with Gasteiger partial charge in [-0.2, -0.15) is 0 Å². The summed E-state index contributed by atoms with van der Waals surface area (Å²) in [5.41, 5.74) is -1.76. The molecule has 1 aliphatic rings. The van der Waals surface area contributed by atoms with E-state index < -0.39 is 52.3 Å². The molecule has 37 heavy (non-hydrogen) atoms. The van der Waals surface area contributed by atoms with Crippen molar-refractivity contribution in [2.24, 2.45) is 0 Å². The van der Waals surface area contributed by atoms with Gasteiger partial charge in [0.15, 0.2) is 11.6 Å². The van der Waals surface area contributed by atoms with Gasteiger partial charge in [-0.1, -0.05) is 11.6 Å². The van der Waals surface area contributed by atoms with E-state index in [0.717, 1.165) is 0 Å². The van der Waals surface area contributed by atoms with Crippen molar-refractivity contribution >= 4 is 29.2 Å². The Morgan fingerprint density at radius 2 is 1.97 bits per heavy atom. The normalized spacial score (nSPS) is 16.2. The molecule has 4 rings (SSSR count). The van der Waals surface area contributed by atoms with Gasteiger partial charge in [0.2, 0.25) is 0 Å². The van der Waals surface area contributed by atoms with E-state index in [4.69, 9.17) is 21.1 Å². The number of halogens is 4. The van der Waals surface area contributed by atoms with Gasteiger partial charge >= 0.3 is 6.09 Å². The van der Waals surface area contributed by atoms with Crippen molar-refractivity contribution in [3.8, 4) is 11.3 Å². The topological polar surface area (TPSA) is 85.2 Å². The number of morpholine rings is 1. The van der Waals surface area contributed by atoms with Crippen LogP contribution in [0.4, 0.5) is 18.0 Å². The molecule has 0 unspecified atom stereocenters. The first-order valence-electron chi connectivity index (χ1n) is 11.6. The van der Waals surface area contributed by atoms with Crippen molar-refractivity contribution in [2.45, 2.75) is 38.9 Å². The van der Waals surface area contributed by atoms with Crippen LogP contribution in [0.5, 0.6) is 0 Å². The van der Waals surface area contributed by atoms with Crippen LogP contribution in [0.2, 0.25) is 5.02 Å². The van der Waals surface area contributed by atoms with Crippen molar-refractivity contribution in [3.63, 3.8) is 0 Å². The van der Waals surface area contributed by atoms with Crippen molar-refractivity contribution in [2.75, 3.05) is 26.7 Å². The number of imidazole rings is 1. The van der Waals surface area contributed by atoms with E-state index in [-0.39, 0.29) is 30.9 Å². The first-order valence-corrected chi connectivity index (χ1v) is 11.9. The highest BCUT2D eigenvalue weighted by Crippen LogP contribution is 2.34. The minimum absolute atomic E-state index is 0.0785. The Balaban J connectivity index is 1.76. The van der Waals surface area contributed by atoms with E-state index in [1.807, 2.05) is 0 Å². The molecule has 1 atom stereocenters. The first kappa shape index (κ1) is 26.7. The number of hydrogen-bond donors (Lipinski definition) is 1. The maximum atomic E-state index is 15.2. The number of hydrogen-bond acceptors (Lipinski definition) is 5. The monoisotopic (exact) mass is 538 g/mol. The lowest BCUT2D eigenvalue weighted by molar-refractivity contribution is -0.0418. The van der Waals surface area contributed by atoms with Crippen molar-refractivity contribution in [3.05, 3.63) is 58.1 Å². The summed E-state index contributed by atoms with van der Waals surface area (Å²) in [7, 11) is 1.22. The Morgan fingerprint density at radius 3 is 2.65 bits per heavy atom. The smallest absolute Gasteiger partial charge is 0.410 e. The molecule has 3 aromatic rings. The summed E-state index contributed by atoms with van der Waals surface area (Å²) in [6.45, 7) is 5.98. The lowest BCUT2D eigenvalue weighted by atomic mass is 10.0. The van der Waals surface area contributed by atoms with Crippen LogP contribution in [0.3, 0.4) is 0 Å². The Hall–Kier alpha value is -3.31. The Morgan fingerprint density at radius 1 is 1.24 bits per heavy atom. The number of amides is 2. The molecule has 1 fully saturated rings. The maximum absolute atomic E-state index is 15.2. The van der Waals surface area contributed by atoms with Crippen molar-refractivity contribution in [1.29, 1.82) is 0 Å². The fourth-order valence-electron chi connectivity index (χ4n) is 4.13.